The lowest BCUT2D eigenvalue weighted by Gasteiger charge is -2.38. The number of nitro groups is 1. The molecule has 6 N–H and O–H groups in total. The number of aliphatic hydroxyl groups is 2. The average Bonchev–Trinajstić information content (AvgIpc) is 4.20. The highest BCUT2D eigenvalue weighted by Crippen LogP contribution is 2.58. The highest BCUT2D eigenvalue weighted by Gasteiger charge is 2.50. The summed E-state index contributed by atoms with van der Waals surface area (Å²) in [5, 5.41) is 73.3. The van der Waals surface area contributed by atoms with E-state index in [0.29, 0.717) is 26.2 Å². The number of nitrogens with one attached hydrogen (secondary N) is 1. The molecule has 9 rings (SSSR count). The van der Waals surface area contributed by atoms with Gasteiger partial charge in [0.15, 0.2) is 5.75 Å². The van der Waals surface area contributed by atoms with Gasteiger partial charge in [0.05, 0.1) is 48.7 Å². The number of carbonyl (C=O) groups excluding carboxylic acids is 3. The maximum Gasteiger partial charge on any atom is 0.414 e. The van der Waals surface area contributed by atoms with E-state index in [4.69, 9.17) is 28.4 Å². The Hall–Kier alpha value is -7.24. The quantitative estimate of drug-likeness (QED) is 0.0360. The molecule has 77 heavy (non-hydrogen) atoms. The number of piperazine rings is 1. The Morgan fingerprint density at radius 3 is 2.29 bits per heavy atom. The van der Waals surface area contributed by atoms with Gasteiger partial charge in [0.1, 0.15) is 53.6 Å². The monoisotopic (exact) mass is 1070 g/mol. The molecular weight excluding hydrogens is 1000 g/mol. The Morgan fingerprint density at radius 1 is 0.935 bits per heavy atom. The molecule has 6 heterocycles. The van der Waals surface area contributed by atoms with Gasteiger partial charge in [-0.1, -0.05) is 70.2 Å². The number of amides is 1. The molecule has 5 aliphatic rings. The number of ether oxygens (including phenoxy) is 6. The number of allylic oxidation sites excluding steroid dienone is 2. The summed E-state index contributed by atoms with van der Waals surface area (Å²) in [7, 11) is 1.43. The minimum Gasteiger partial charge on any atom is -0.507 e. The van der Waals surface area contributed by atoms with Crippen molar-refractivity contribution >= 4 is 45.6 Å². The molecule has 0 spiro atoms. The number of fused-ring (bicyclic) bond motifs is 15. The number of aromatic nitrogens is 2. The van der Waals surface area contributed by atoms with Gasteiger partial charge in [0.2, 0.25) is 0 Å². The number of hydrogen-bond acceptors (Lipinski definition) is 19. The fourth-order valence-corrected chi connectivity index (χ4v) is 10.6. The van der Waals surface area contributed by atoms with Crippen molar-refractivity contribution in [1.29, 1.82) is 0 Å². The van der Waals surface area contributed by atoms with Gasteiger partial charge in [-0.2, -0.15) is 0 Å². The van der Waals surface area contributed by atoms with Crippen molar-refractivity contribution in [3.63, 3.8) is 0 Å². The van der Waals surface area contributed by atoms with E-state index in [9.17, 15) is 50.0 Å². The van der Waals surface area contributed by atoms with E-state index in [1.165, 1.54) is 59.4 Å². The van der Waals surface area contributed by atoms with Gasteiger partial charge < -0.3 is 74.3 Å². The lowest BCUT2D eigenvalue weighted by atomic mass is 9.78. The van der Waals surface area contributed by atoms with E-state index in [1.54, 1.807) is 49.3 Å². The van der Waals surface area contributed by atoms with Crippen molar-refractivity contribution in [2.75, 3.05) is 50.1 Å². The molecule has 0 unspecified atom stereocenters. The van der Waals surface area contributed by atoms with Gasteiger partial charge in [-0.15, -0.1) is 0 Å². The number of aliphatic hydroxyl groups excluding tert-OH is 2. The van der Waals surface area contributed by atoms with E-state index in [2.05, 4.69) is 15.2 Å². The normalized spacial score (nSPS) is 28.9. The number of nitrogens with zero attached hydrogens (tertiary/aromatic N) is 5. The zero-order valence-electron chi connectivity index (χ0n) is 44.6. The first-order chi connectivity index (χ1) is 36.5. The summed E-state index contributed by atoms with van der Waals surface area (Å²) in [5.74, 6) is -8.71. The summed E-state index contributed by atoms with van der Waals surface area (Å²) in [5.41, 5.74) is 1.76. The molecule has 1 amide bonds. The lowest BCUT2D eigenvalue weighted by Crippen LogP contribution is -2.46. The summed E-state index contributed by atoms with van der Waals surface area (Å²) < 4.78 is 37.1. The maximum absolute atomic E-state index is 14.8. The van der Waals surface area contributed by atoms with Gasteiger partial charge in [-0.25, -0.2) is 0 Å². The van der Waals surface area contributed by atoms with Crippen LogP contribution in [0.25, 0.3) is 10.8 Å². The van der Waals surface area contributed by atoms with Gasteiger partial charge in [-0.3, -0.25) is 23.9 Å². The number of hydrogen-bond donors (Lipinski definition) is 6. The average molecular weight is 1070 g/mol. The molecule has 1 saturated heterocycles. The Morgan fingerprint density at radius 2 is 1.62 bits per heavy atom. The molecule has 22 nitrogen and oxygen atoms in total. The molecule has 10 atom stereocenters. The van der Waals surface area contributed by atoms with Crippen molar-refractivity contribution in [2.45, 2.75) is 111 Å². The zero-order chi connectivity index (χ0) is 55.8. The van der Waals surface area contributed by atoms with Crippen molar-refractivity contribution in [3.05, 3.63) is 99.0 Å². The van der Waals surface area contributed by atoms with E-state index in [0.717, 1.165) is 11.1 Å². The summed E-state index contributed by atoms with van der Waals surface area (Å²) in [6.07, 6.45) is 4.49. The van der Waals surface area contributed by atoms with Crippen molar-refractivity contribution in [2.24, 2.45) is 23.7 Å². The Labute approximate surface area is 445 Å². The number of phenols is 3. The highest BCUT2D eigenvalue weighted by molar-refractivity contribution is 6.23. The molecule has 5 bridgehead atoms. The molecule has 0 saturated carbocycles. The minimum absolute atomic E-state index is 0.00134. The van der Waals surface area contributed by atoms with E-state index < -0.39 is 93.7 Å². The third-order valence-electron chi connectivity index (χ3n) is 15.3. The molecule has 1 fully saturated rings. The van der Waals surface area contributed by atoms with Crippen LogP contribution in [-0.2, 0) is 48.2 Å². The number of ketones is 1. The molecular formula is C55H68N6O16. The zero-order valence-corrected chi connectivity index (χ0v) is 44.6. The molecule has 0 aliphatic carbocycles. The summed E-state index contributed by atoms with van der Waals surface area (Å²) >= 11 is 0. The van der Waals surface area contributed by atoms with Crippen molar-refractivity contribution in [3.8, 4) is 29.0 Å². The van der Waals surface area contributed by atoms with E-state index in [1.807, 2.05) is 24.3 Å². The smallest absolute Gasteiger partial charge is 0.414 e. The number of methoxy groups -OCH3 is 1. The number of esters is 1. The molecule has 0 radical (unpaired) electrons. The molecule has 414 valence electrons. The van der Waals surface area contributed by atoms with Gasteiger partial charge in [0.25, 0.3) is 11.7 Å². The second-order valence-corrected chi connectivity index (χ2v) is 20.7. The number of benzene rings is 3. The number of carbonyl (C=O) groups is 3. The highest BCUT2D eigenvalue weighted by atomic mass is 16.7. The number of Topliss-reactive ketones (excluding diaryl/α,β-unsaturated/α-hetero) is 1. The molecule has 1 aromatic heterocycles. The van der Waals surface area contributed by atoms with Gasteiger partial charge in [0, 0.05) is 98.9 Å². The van der Waals surface area contributed by atoms with Crippen LogP contribution in [-0.4, -0.2) is 139 Å². The van der Waals surface area contributed by atoms with Crippen molar-refractivity contribution in [1.82, 2.24) is 14.5 Å². The Bertz CT molecular complexity index is 3000. The van der Waals surface area contributed by atoms with Gasteiger partial charge in [-0.05, 0) is 36.0 Å². The van der Waals surface area contributed by atoms with Crippen molar-refractivity contribution < 1.29 is 73.3 Å². The van der Waals surface area contributed by atoms with E-state index >= 15 is 0 Å². The van der Waals surface area contributed by atoms with Crippen LogP contribution in [0.3, 0.4) is 0 Å². The molecule has 5 aliphatic heterocycles. The number of aromatic hydroxyl groups is 3. The second-order valence-electron chi connectivity index (χ2n) is 20.7. The summed E-state index contributed by atoms with van der Waals surface area (Å²) in [6.45, 7) is 15.5. The number of anilines is 2. The minimum atomic E-state index is -2.08. The maximum atomic E-state index is 14.8. The molecule has 22 heteroatoms. The largest absolute Gasteiger partial charge is 0.507 e. The topological polar surface area (TPSA) is 287 Å². The molecule has 3 aromatic carbocycles. The lowest BCUT2D eigenvalue weighted by molar-refractivity contribution is -0.389. The van der Waals surface area contributed by atoms with Crippen LogP contribution in [0.1, 0.15) is 75.5 Å². The van der Waals surface area contributed by atoms with Crippen LogP contribution in [0.4, 0.5) is 17.2 Å². The number of rotatable bonds is 9. The van der Waals surface area contributed by atoms with Crippen LogP contribution < -0.4 is 19.7 Å². The first-order valence-electron chi connectivity index (χ1n) is 25.6. The fourth-order valence-electron chi connectivity index (χ4n) is 10.6. The van der Waals surface area contributed by atoms with E-state index in [-0.39, 0.29) is 88.8 Å². The van der Waals surface area contributed by atoms with Crippen LogP contribution in [0.2, 0.25) is 0 Å². The number of phenolic OH excluding ortho intramolecular Hbond substituents is 3. The summed E-state index contributed by atoms with van der Waals surface area (Å²) in [6, 6.07) is 8.09. The van der Waals surface area contributed by atoms with Crippen LogP contribution >= 0.6 is 0 Å². The van der Waals surface area contributed by atoms with Crippen LogP contribution in [0.5, 0.6) is 29.0 Å². The Kier molecular flexibility index (Phi) is 16.6. The summed E-state index contributed by atoms with van der Waals surface area (Å²) in [4.78, 5) is 59.8. The Balaban J connectivity index is 1.09. The fraction of sp³-hybridized carbons (Fsp3) is 0.491. The first kappa shape index (κ1) is 56.0. The predicted molar refractivity (Wildman–Crippen MR) is 281 cm³/mol. The second kappa shape index (κ2) is 22.8. The first-order valence-corrected chi connectivity index (χ1v) is 25.6. The molecule has 4 aromatic rings. The van der Waals surface area contributed by atoms with Crippen LogP contribution in [0, 0.1) is 40.7 Å². The standard InChI is InChI=1S/C55H68N6O16/c1-28-11-10-12-29(2)53(69)57-43-44(59-20-18-58(19-21-59)23-35-13-15-36(16-14-35)26-73-37-24-60-25-39(61(70)71)56-54(60)74-27-37)49(67)40-41(48(43)66)47(65)33(6)51-42(40)52(68)55(8,77-51)75-22-17-38(72-9)30(3)50(76-34(7)62)32(5)46(64)31(4)45(28)63/h10-17,22,25,28,30-32,37-38,45-46,50,63-67H,18-21,23-24,26-27H2,1-9H3,(H,57,69)/b11-10+,22-17+,29-12-/t28-,30+,31+,32+,37-,38-,45-,46+,50+,55-/m0/s1. The predicted octanol–water partition coefficient (Wildman–Crippen LogP) is 6.16. The third kappa shape index (κ3) is 11.3. The SMILES string of the molecule is CO[C@H]1/C=C/O[C@@]2(C)Oc3c(C)c(O)c4c(O)c(c(N5CCN(Cc6ccc(CO[C@@H]7COc8nc([N+](=O)[O-])cn8C7)cc6)CC5)c(O)c4c3C2=O)NC(=O)/C(C)=C\C=C\[C@H](C)[C@H](O)[C@@H](C)[C@@H](O)[C@@H](C)[C@H](OC(C)=O)[C@@H]1C. The van der Waals surface area contributed by atoms with Gasteiger partial charge >= 0.3 is 23.6 Å². The third-order valence-corrected chi connectivity index (χ3v) is 15.3. The van der Waals surface area contributed by atoms with Crippen LogP contribution in [0.15, 0.2) is 66.6 Å². The number of imidazole rings is 1.